The van der Waals surface area contributed by atoms with Gasteiger partial charge in [0.15, 0.2) is 11.5 Å². The molecular weight excluding hydrogens is 398 g/mol. The van der Waals surface area contributed by atoms with E-state index in [1.54, 1.807) is 18.4 Å². The lowest BCUT2D eigenvalue weighted by atomic mass is 9.93. The standard InChI is InChI=1S/C24H27NO4S/c1-3-29-19-9-8-18(14-20(19)28-2)23(25-12-10-16(11-13-25)24(26)27)22-15-17-6-4-5-7-21(17)30-22/h4-9,14-16,23H,3,10-13H2,1-2H3,(H,26,27). The van der Waals surface area contributed by atoms with E-state index in [4.69, 9.17) is 9.47 Å². The van der Waals surface area contributed by atoms with Gasteiger partial charge in [0.25, 0.3) is 0 Å². The van der Waals surface area contributed by atoms with Crippen molar-refractivity contribution in [1.82, 2.24) is 4.90 Å². The van der Waals surface area contributed by atoms with Gasteiger partial charge in [0.05, 0.1) is 25.7 Å². The number of benzene rings is 2. The van der Waals surface area contributed by atoms with Gasteiger partial charge < -0.3 is 14.6 Å². The molecule has 0 radical (unpaired) electrons. The highest BCUT2D eigenvalue weighted by molar-refractivity contribution is 7.19. The molecule has 0 amide bonds. The Bertz CT molecular complexity index is 990. The first-order valence-electron chi connectivity index (χ1n) is 10.4. The number of hydrogen-bond donors (Lipinski definition) is 1. The van der Waals surface area contributed by atoms with Gasteiger partial charge in [-0.1, -0.05) is 24.3 Å². The Balaban J connectivity index is 1.73. The van der Waals surface area contributed by atoms with Gasteiger partial charge in [0.1, 0.15) is 0 Å². The number of rotatable bonds is 7. The average molecular weight is 426 g/mol. The summed E-state index contributed by atoms with van der Waals surface area (Å²) in [5.74, 6) is 0.527. The number of methoxy groups -OCH3 is 1. The minimum absolute atomic E-state index is 0.0571. The number of likely N-dealkylation sites (tertiary alicyclic amines) is 1. The maximum absolute atomic E-state index is 11.4. The Morgan fingerprint density at radius 2 is 1.93 bits per heavy atom. The third kappa shape index (κ3) is 4.16. The van der Waals surface area contributed by atoms with E-state index in [0.29, 0.717) is 19.4 Å². The van der Waals surface area contributed by atoms with E-state index in [0.717, 1.165) is 30.2 Å². The number of nitrogens with zero attached hydrogens (tertiary/aromatic N) is 1. The van der Waals surface area contributed by atoms with Crippen LogP contribution in [0.3, 0.4) is 0 Å². The summed E-state index contributed by atoms with van der Waals surface area (Å²) in [6.45, 7) is 4.05. The van der Waals surface area contributed by atoms with Crippen LogP contribution in [-0.2, 0) is 4.79 Å². The lowest BCUT2D eigenvalue weighted by Crippen LogP contribution is -2.39. The molecular formula is C24H27NO4S. The van der Waals surface area contributed by atoms with Crippen molar-refractivity contribution < 1.29 is 19.4 Å². The van der Waals surface area contributed by atoms with E-state index in [2.05, 4.69) is 47.4 Å². The van der Waals surface area contributed by atoms with Gasteiger partial charge in [-0.2, -0.15) is 0 Å². The van der Waals surface area contributed by atoms with Gasteiger partial charge in [-0.15, -0.1) is 11.3 Å². The number of fused-ring (bicyclic) bond motifs is 1. The maximum Gasteiger partial charge on any atom is 0.306 e. The summed E-state index contributed by atoms with van der Waals surface area (Å²) in [6.07, 6.45) is 1.34. The second-order valence-electron chi connectivity index (χ2n) is 7.58. The van der Waals surface area contributed by atoms with Crippen LogP contribution in [-0.4, -0.2) is 42.8 Å². The molecule has 3 aromatic rings. The summed E-state index contributed by atoms with van der Waals surface area (Å²) < 4.78 is 12.6. The fraction of sp³-hybridized carbons (Fsp3) is 0.375. The number of carboxylic acids is 1. The second-order valence-corrected chi connectivity index (χ2v) is 8.70. The van der Waals surface area contributed by atoms with E-state index < -0.39 is 5.97 Å². The monoisotopic (exact) mass is 425 g/mol. The van der Waals surface area contributed by atoms with Gasteiger partial charge in [0, 0.05) is 9.58 Å². The Labute approximate surface area is 180 Å². The van der Waals surface area contributed by atoms with Crippen molar-refractivity contribution in [3.05, 3.63) is 59.0 Å². The first-order chi connectivity index (χ1) is 14.6. The minimum Gasteiger partial charge on any atom is -0.493 e. The van der Waals surface area contributed by atoms with Gasteiger partial charge in [-0.25, -0.2) is 0 Å². The van der Waals surface area contributed by atoms with Gasteiger partial charge in [-0.3, -0.25) is 9.69 Å². The van der Waals surface area contributed by atoms with Crippen LogP contribution in [0.4, 0.5) is 0 Å². The second kappa shape index (κ2) is 9.06. The van der Waals surface area contributed by atoms with Crippen LogP contribution in [0.25, 0.3) is 10.1 Å². The van der Waals surface area contributed by atoms with Crippen LogP contribution >= 0.6 is 11.3 Å². The molecule has 4 rings (SSSR count). The molecule has 0 bridgehead atoms. The largest absolute Gasteiger partial charge is 0.493 e. The van der Waals surface area contributed by atoms with Gasteiger partial charge in [-0.05, 0) is 68.1 Å². The molecule has 1 aliphatic heterocycles. The summed E-state index contributed by atoms with van der Waals surface area (Å²) in [5.41, 5.74) is 1.13. The normalized spacial score (nSPS) is 16.5. The third-order valence-electron chi connectivity index (χ3n) is 5.76. The Hall–Kier alpha value is -2.57. The topological polar surface area (TPSA) is 59.0 Å². The smallest absolute Gasteiger partial charge is 0.306 e. The fourth-order valence-electron chi connectivity index (χ4n) is 4.23. The van der Waals surface area contributed by atoms with E-state index >= 15 is 0 Å². The van der Waals surface area contributed by atoms with E-state index in [1.807, 2.05) is 13.0 Å². The molecule has 0 saturated carbocycles. The molecule has 6 heteroatoms. The van der Waals surface area contributed by atoms with Crippen molar-refractivity contribution in [2.24, 2.45) is 5.92 Å². The van der Waals surface area contributed by atoms with Gasteiger partial charge >= 0.3 is 5.97 Å². The summed E-state index contributed by atoms with van der Waals surface area (Å²) in [6, 6.07) is 16.9. The molecule has 2 heterocycles. The molecule has 1 aromatic heterocycles. The van der Waals surface area contributed by atoms with Crippen molar-refractivity contribution in [2.75, 3.05) is 26.8 Å². The first kappa shape index (κ1) is 20.7. The van der Waals surface area contributed by atoms with Gasteiger partial charge in [0.2, 0.25) is 0 Å². The third-order valence-corrected chi connectivity index (χ3v) is 6.93. The number of carboxylic acid groups (broad SMARTS) is 1. The molecule has 1 fully saturated rings. The molecule has 1 atom stereocenters. The highest BCUT2D eigenvalue weighted by Gasteiger charge is 2.31. The quantitative estimate of drug-likeness (QED) is 0.564. The molecule has 158 valence electrons. The Morgan fingerprint density at radius 1 is 1.17 bits per heavy atom. The molecule has 1 N–H and O–H groups in total. The van der Waals surface area contributed by atoms with Crippen LogP contribution in [0.5, 0.6) is 11.5 Å². The van der Waals surface area contributed by atoms with Crippen LogP contribution in [0.15, 0.2) is 48.5 Å². The van der Waals surface area contributed by atoms with E-state index in [9.17, 15) is 9.90 Å². The van der Waals surface area contributed by atoms with E-state index in [1.165, 1.54) is 15.0 Å². The molecule has 2 aromatic carbocycles. The van der Waals surface area contributed by atoms with Crippen molar-refractivity contribution in [2.45, 2.75) is 25.8 Å². The van der Waals surface area contributed by atoms with Crippen molar-refractivity contribution in [1.29, 1.82) is 0 Å². The lowest BCUT2D eigenvalue weighted by Gasteiger charge is -2.36. The average Bonchev–Trinajstić information content (AvgIpc) is 3.19. The van der Waals surface area contributed by atoms with Crippen molar-refractivity contribution in [3.63, 3.8) is 0 Å². The Kier molecular flexibility index (Phi) is 6.25. The highest BCUT2D eigenvalue weighted by Crippen LogP contribution is 2.41. The summed E-state index contributed by atoms with van der Waals surface area (Å²) in [5, 5.41) is 10.6. The highest BCUT2D eigenvalue weighted by atomic mass is 32.1. The molecule has 0 aliphatic carbocycles. The molecule has 30 heavy (non-hydrogen) atoms. The molecule has 5 nitrogen and oxygen atoms in total. The van der Waals surface area contributed by atoms with Crippen LogP contribution < -0.4 is 9.47 Å². The fourth-order valence-corrected chi connectivity index (χ4v) is 5.45. The van der Waals surface area contributed by atoms with E-state index in [-0.39, 0.29) is 12.0 Å². The van der Waals surface area contributed by atoms with Crippen LogP contribution in [0, 0.1) is 5.92 Å². The van der Waals surface area contributed by atoms with Crippen LogP contribution in [0.1, 0.15) is 36.2 Å². The van der Waals surface area contributed by atoms with Crippen LogP contribution in [0.2, 0.25) is 0 Å². The summed E-state index contributed by atoms with van der Waals surface area (Å²) >= 11 is 1.80. The van der Waals surface area contributed by atoms with Crippen molar-refractivity contribution >= 4 is 27.4 Å². The molecule has 1 saturated heterocycles. The zero-order chi connectivity index (χ0) is 21.1. The number of thiophene rings is 1. The molecule has 0 spiro atoms. The summed E-state index contributed by atoms with van der Waals surface area (Å²) in [7, 11) is 1.66. The molecule has 1 aliphatic rings. The predicted octanol–water partition coefficient (Wildman–Crippen LogP) is 5.19. The first-order valence-corrected chi connectivity index (χ1v) is 11.2. The maximum atomic E-state index is 11.4. The predicted molar refractivity (Wildman–Crippen MR) is 120 cm³/mol. The minimum atomic E-state index is -0.684. The zero-order valence-electron chi connectivity index (χ0n) is 17.3. The number of carbonyl (C=O) groups is 1. The zero-order valence-corrected chi connectivity index (χ0v) is 18.2. The lowest BCUT2D eigenvalue weighted by molar-refractivity contribution is -0.143. The number of aliphatic carboxylic acids is 1. The number of hydrogen-bond acceptors (Lipinski definition) is 5. The van der Waals surface area contributed by atoms with Crippen molar-refractivity contribution in [3.8, 4) is 11.5 Å². The summed E-state index contributed by atoms with van der Waals surface area (Å²) in [4.78, 5) is 15.1. The SMILES string of the molecule is CCOc1ccc(C(c2cc3ccccc3s2)N2CCC(C(=O)O)CC2)cc1OC. The molecule has 1 unspecified atom stereocenters. The number of piperidine rings is 1. The number of ether oxygens (including phenoxy) is 2. The Morgan fingerprint density at radius 3 is 2.60 bits per heavy atom.